The molecule has 6 heteroatoms. The van der Waals surface area contributed by atoms with E-state index in [4.69, 9.17) is 0 Å². The first-order chi connectivity index (χ1) is 10.5. The van der Waals surface area contributed by atoms with Crippen LogP contribution < -0.4 is 0 Å². The number of hydrogen-bond acceptors (Lipinski definition) is 4. The second-order valence-electron chi connectivity index (χ2n) is 6.28. The van der Waals surface area contributed by atoms with E-state index in [-0.39, 0.29) is 23.7 Å². The van der Waals surface area contributed by atoms with Crippen LogP contribution >= 0.6 is 67.9 Å². The Labute approximate surface area is 163 Å². The molecule has 0 aliphatic heterocycles. The van der Waals surface area contributed by atoms with Gasteiger partial charge in [-0.25, -0.2) is 0 Å². The number of fused-ring (bicyclic) bond motifs is 6. The minimum Gasteiger partial charge on any atom is -0.294 e. The highest BCUT2D eigenvalue weighted by Crippen LogP contribution is 2.59. The predicted octanol–water partition coefficient (Wildman–Crippen LogP) is 5.31. The summed E-state index contributed by atoms with van der Waals surface area (Å²) in [7, 11) is 0. The van der Waals surface area contributed by atoms with E-state index >= 15 is 0 Å². The SMILES string of the molecule is O=C1c2cc(I)sc2C2CC3C(=O)c4cc(I)sc4C3CC12. The summed E-state index contributed by atoms with van der Waals surface area (Å²) < 4.78 is 2.37. The third-order valence-electron chi connectivity index (χ3n) is 5.33. The van der Waals surface area contributed by atoms with Gasteiger partial charge >= 0.3 is 0 Å². The first kappa shape index (κ1) is 14.5. The van der Waals surface area contributed by atoms with Crippen molar-refractivity contribution >= 4 is 79.4 Å². The molecule has 0 radical (unpaired) electrons. The van der Waals surface area contributed by atoms with Gasteiger partial charge < -0.3 is 0 Å². The van der Waals surface area contributed by atoms with Crippen molar-refractivity contribution in [1.29, 1.82) is 0 Å². The molecule has 4 atom stereocenters. The van der Waals surface area contributed by atoms with Crippen molar-refractivity contribution in [1.82, 2.24) is 0 Å². The Balaban J connectivity index is 1.58. The van der Waals surface area contributed by atoms with E-state index in [9.17, 15) is 9.59 Å². The summed E-state index contributed by atoms with van der Waals surface area (Å²) in [6.45, 7) is 0. The molecule has 0 N–H and O–H groups in total. The number of Topliss-reactive ketones (excluding diaryl/α,β-unsaturated/α-hetero) is 2. The molecule has 0 amide bonds. The number of hydrogen-bond donors (Lipinski definition) is 0. The van der Waals surface area contributed by atoms with Gasteiger partial charge in [-0.05, 0) is 70.2 Å². The monoisotopic (exact) mass is 552 g/mol. The molecular formula is C16H10I2O2S2. The van der Waals surface area contributed by atoms with Crippen molar-refractivity contribution in [3.63, 3.8) is 0 Å². The van der Waals surface area contributed by atoms with E-state index in [1.165, 1.54) is 15.5 Å². The molecule has 22 heavy (non-hydrogen) atoms. The van der Waals surface area contributed by atoms with E-state index in [1.807, 2.05) is 12.1 Å². The van der Waals surface area contributed by atoms with Crippen molar-refractivity contribution in [2.75, 3.05) is 0 Å². The molecule has 2 nitrogen and oxygen atoms in total. The Morgan fingerprint density at radius 1 is 0.773 bits per heavy atom. The van der Waals surface area contributed by atoms with Crippen LogP contribution in [0.25, 0.3) is 0 Å². The highest BCUT2D eigenvalue weighted by molar-refractivity contribution is 14.1. The Kier molecular flexibility index (Phi) is 3.21. The number of ketones is 2. The number of thiophene rings is 2. The maximum atomic E-state index is 12.8. The van der Waals surface area contributed by atoms with Crippen molar-refractivity contribution in [3.8, 4) is 0 Å². The van der Waals surface area contributed by atoms with Gasteiger partial charge in [0.1, 0.15) is 0 Å². The van der Waals surface area contributed by atoms with Gasteiger partial charge in [-0.1, -0.05) is 0 Å². The molecule has 3 aliphatic carbocycles. The summed E-state index contributed by atoms with van der Waals surface area (Å²) >= 11 is 8.08. The maximum Gasteiger partial charge on any atom is 0.167 e. The zero-order chi connectivity index (χ0) is 15.2. The summed E-state index contributed by atoms with van der Waals surface area (Å²) in [5.74, 6) is 1.44. The Bertz CT molecular complexity index is 780. The summed E-state index contributed by atoms with van der Waals surface area (Å²) in [6.07, 6.45) is 1.73. The predicted molar refractivity (Wildman–Crippen MR) is 104 cm³/mol. The Morgan fingerprint density at radius 3 is 1.59 bits per heavy atom. The zero-order valence-corrected chi connectivity index (χ0v) is 17.2. The van der Waals surface area contributed by atoms with Crippen LogP contribution in [0.2, 0.25) is 0 Å². The lowest BCUT2D eigenvalue weighted by Crippen LogP contribution is -2.29. The van der Waals surface area contributed by atoms with E-state index in [0.29, 0.717) is 11.6 Å². The molecule has 0 spiro atoms. The van der Waals surface area contributed by atoms with Gasteiger partial charge in [-0.2, -0.15) is 0 Å². The third kappa shape index (κ3) is 1.81. The molecule has 4 unspecified atom stereocenters. The fourth-order valence-electron chi connectivity index (χ4n) is 4.45. The molecule has 0 aromatic carbocycles. The molecule has 2 aromatic heterocycles. The molecule has 0 bridgehead atoms. The summed E-state index contributed by atoms with van der Waals surface area (Å²) in [5.41, 5.74) is 1.88. The number of carbonyl (C=O) groups is 2. The minimum absolute atomic E-state index is 0.109. The maximum absolute atomic E-state index is 12.8. The number of carbonyl (C=O) groups excluding carboxylic acids is 2. The molecule has 5 rings (SSSR count). The van der Waals surface area contributed by atoms with Gasteiger partial charge in [0, 0.05) is 44.6 Å². The van der Waals surface area contributed by atoms with Gasteiger partial charge in [0.25, 0.3) is 0 Å². The van der Waals surface area contributed by atoms with Crippen molar-refractivity contribution in [2.24, 2.45) is 11.8 Å². The first-order valence-electron chi connectivity index (χ1n) is 7.21. The average molecular weight is 552 g/mol. The summed E-state index contributed by atoms with van der Waals surface area (Å²) in [6, 6.07) is 4.08. The Hall–Kier alpha value is 0.200. The molecule has 1 fully saturated rings. The van der Waals surface area contributed by atoms with Gasteiger partial charge in [0.2, 0.25) is 0 Å². The van der Waals surface area contributed by atoms with E-state index in [0.717, 1.165) is 24.0 Å². The van der Waals surface area contributed by atoms with Crippen molar-refractivity contribution < 1.29 is 9.59 Å². The van der Waals surface area contributed by atoms with Crippen LogP contribution in [0.3, 0.4) is 0 Å². The first-order valence-corrected chi connectivity index (χ1v) is 11.0. The molecule has 112 valence electrons. The Morgan fingerprint density at radius 2 is 1.18 bits per heavy atom. The third-order valence-corrected chi connectivity index (χ3v) is 9.38. The largest absolute Gasteiger partial charge is 0.294 e. The number of rotatable bonds is 0. The van der Waals surface area contributed by atoms with Crippen LogP contribution in [-0.2, 0) is 0 Å². The van der Waals surface area contributed by atoms with Crippen LogP contribution in [0.1, 0.15) is 55.1 Å². The van der Waals surface area contributed by atoms with Crippen molar-refractivity contribution in [3.05, 3.63) is 38.8 Å². The minimum atomic E-state index is 0.109. The normalized spacial score (nSPS) is 31.9. The smallest absolute Gasteiger partial charge is 0.167 e. The van der Waals surface area contributed by atoms with E-state index < -0.39 is 0 Å². The van der Waals surface area contributed by atoms with E-state index in [2.05, 4.69) is 45.2 Å². The standard InChI is InChI=1S/C16H10I2O2S2/c17-11-4-10-14(20)6-2-8-5(1-7(6)15(10)21-11)13(19)9-3-12(18)22-16(8)9/h3-8H,1-2H2. The van der Waals surface area contributed by atoms with Gasteiger partial charge in [0.15, 0.2) is 11.6 Å². The van der Waals surface area contributed by atoms with Gasteiger partial charge in [-0.15, -0.1) is 22.7 Å². The highest BCUT2D eigenvalue weighted by Gasteiger charge is 2.53. The molecule has 2 aromatic rings. The quantitative estimate of drug-likeness (QED) is 0.416. The van der Waals surface area contributed by atoms with Gasteiger partial charge in [0.05, 0.1) is 5.77 Å². The number of halogens is 2. The summed E-state index contributed by atoms with van der Waals surface area (Å²) in [5, 5.41) is 0. The fraction of sp³-hybridized carbons (Fsp3) is 0.375. The summed E-state index contributed by atoms with van der Waals surface area (Å²) in [4.78, 5) is 28.0. The van der Waals surface area contributed by atoms with Crippen LogP contribution in [0.4, 0.5) is 0 Å². The molecule has 1 saturated carbocycles. The highest BCUT2D eigenvalue weighted by atomic mass is 127. The average Bonchev–Trinajstić information content (AvgIpc) is 3.17. The van der Waals surface area contributed by atoms with Gasteiger partial charge in [-0.3, -0.25) is 9.59 Å². The lowest BCUT2D eigenvalue weighted by Gasteiger charge is -2.33. The van der Waals surface area contributed by atoms with Crippen molar-refractivity contribution in [2.45, 2.75) is 24.7 Å². The van der Waals surface area contributed by atoms with Crippen LogP contribution in [-0.4, -0.2) is 11.6 Å². The molecule has 2 heterocycles. The second kappa shape index (κ2) is 4.86. The second-order valence-corrected chi connectivity index (χ2v) is 12.2. The van der Waals surface area contributed by atoms with Crippen LogP contribution in [0, 0.1) is 17.6 Å². The molecule has 0 saturated heterocycles. The topological polar surface area (TPSA) is 34.1 Å². The molecular weight excluding hydrogens is 542 g/mol. The van der Waals surface area contributed by atoms with Crippen LogP contribution in [0.5, 0.6) is 0 Å². The van der Waals surface area contributed by atoms with Crippen LogP contribution in [0.15, 0.2) is 12.1 Å². The lowest BCUT2D eigenvalue weighted by atomic mass is 9.70. The lowest BCUT2D eigenvalue weighted by molar-refractivity contribution is 0.0789. The molecule has 3 aliphatic rings. The fourth-order valence-corrected chi connectivity index (χ4v) is 8.63. The zero-order valence-electron chi connectivity index (χ0n) is 11.3. The van der Waals surface area contributed by atoms with E-state index in [1.54, 1.807) is 22.7 Å².